The molecule has 0 aliphatic heterocycles. The van der Waals surface area contributed by atoms with Crippen molar-refractivity contribution in [3.63, 3.8) is 0 Å². The normalized spacial score (nSPS) is 12.7. The van der Waals surface area contributed by atoms with Crippen LogP contribution in [0, 0.1) is 0 Å². The van der Waals surface area contributed by atoms with Crippen LogP contribution in [0.25, 0.3) is 0 Å². The van der Waals surface area contributed by atoms with Crippen LogP contribution < -0.4 is 5.73 Å². The first-order chi connectivity index (χ1) is 8.06. The minimum Gasteiger partial charge on any atom is -0.323 e. The third-order valence-corrected chi connectivity index (χ3v) is 4.83. The third-order valence-electron chi connectivity index (χ3n) is 2.40. The first kappa shape index (κ1) is 13.4. The molecule has 1 heterocycles. The summed E-state index contributed by atoms with van der Waals surface area (Å²) in [5.41, 5.74) is 7.13. The standard InChI is InChI=1S/C12H10BrCl2NS/c13-8-5-12(17-6-8)11(16)4-7-3-9(14)1-2-10(7)15/h1-3,5-6,11H,4,16H2. The maximum absolute atomic E-state index is 6.15. The molecular formula is C12H10BrCl2NS. The summed E-state index contributed by atoms with van der Waals surface area (Å²) in [4.78, 5) is 1.13. The number of hydrogen-bond acceptors (Lipinski definition) is 2. The molecular weight excluding hydrogens is 341 g/mol. The van der Waals surface area contributed by atoms with E-state index in [1.807, 2.05) is 17.5 Å². The molecule has 0 fully saturated rings. The molecule has 1 atom stereocenters. The first-order valence-corrected chi connectivity index (χ1v) is 7.42. The Labute approximate surface area is 123 Å². The fourth-order valence-corrected chi connectivity index (χ4v) is 3.40. The van der Waals surface area contributed by atoms with Gasteiger partial charge in [-0.1, -0.05) is 23.2 Å². The van der Waals surface area contributed by atoms with Crippen molar-refractivity contribution in [1.29, 1.82) is 0 Å². The molecule has 0 aliphatic rings. The molecule has 17 heavy (non-hydrogen) atoms. The highest BCUT2D eigenvalue weighted by Crippen LogP contribution is 2.29. The van der Waals surface area contributed by atoms with Crippen molar-refractivity contribution in [2.45, 2.75) is 12.5 Å². The average Bonchev–Trinajstić information content (AvgIpc) is 2.70. The van der Waals surface area contributed by atoms with Crippen LogP contribution in [0.3, 0.4) is 0 Å². The lowest BCUT2D eigenvalue weighted by atomic mass is 10.1. The minimum atomic E-state index is -0.0535. The summed E-state index contributed by atoms with van der Waals surface area (Å²) in [6.45, 7) is 0. The minimum absolute atomic E-state index is 0.0535. The quantitative estimate of drug-likeness (QED) is 0.822. The van der Waals surface area contributed by atoms with Gasteiger partial charge in [-0.2, -0.15) is 0 Å². The van der Waals surface area contributed by atoms with E-state index < -0.39 is 0 Å². The van der Waals surface area contributed by atoms with Crippen LogP contribution in [0.15, 0.2) is 34.1 Å². The second-order valence-electron chi connectivity index (χ2n) is 3.71. The van der Waals surface area contributed by atoms with E-state index in [0.717, 1.165) is 14.9 Å². The Morgan fingerprint density at radius 3 is 2.71 bits per heavy atom. The van der Waals surface area contributed by atoms with E-state index in [2.05, 4.69) is 15.9 Å². The molecule has 5 heteroatoms. The summed E-state index contributed by atoms with van der Waals surface area (Å²) in [6, 6.07) is 7.43. The third kappa shape index (κ3) is 3.46. The van der Waals surface area contributed by atoms with Crippen LogP contribution in [0.4, 0.5) is 0 Å². The van der Waals surface area contributed by atoms with Crippen LogP contribution >= 0.6 is 50.5 Å². The predicted octanol–water partition coefficient (Wildman–Crippen LogP) is 5.06. The van der Waals surface area contributed by atoms with Crippen LogP contribution in [-0.2, 0) is 6.42 Å². The van der Waals surface area contributed by atoms with Gasteiger partial charge in [0.15, 0.2) is 0 Å². The zero-order valence-corrected chi connectivity index (χ0v) is 12.7. The van der Waals surface area contributed by atoms with Gasteiger partial charge in [-0.25, -0.2) is 0 Å². The van der Waals surface area contributed by atoms with Gasteiger partial charge in [0.2, 0.25) is 0 Å². The number of halogens is 3. The number of hydrogen-bond donors (Lipinski definition) is 1. The summed E-state index contributed by atoms with van der Waals surface area (Å²) in [5.74, 6) is 0. The van der Waals surface area contributed by atoms with Gasteiger partial charge in [0.1, 0.15) is 0 Å². The monoisotopic (exact) mass is 349 g/mol. The summed E-state index contributed by atoms with van der Waals surface area (Å²) >= 11 is 17.1. The smallest absolute Gasteiger partial charge is 0.0439 e. The molecule has 0 bridgehead atoms. The Balaban J connectivity index is 2.18. The highest BCUT2D eigenvalue weighted by molar-refractivity contribution is 9.10. The van der Waals surface area contributed by atoms with Crippen molar-refractivity contribution in [3.8, 4) is 0 Å². The van der Waals surface area contributed by atoms with Gasteiger partial charge in [0, 0.05) is 30.8 Å². The number of nitrogens with two attached hydrogens (primary N) is 1. The zero-order valence-electron chi connectivity index (χ0n) is 8.79. The Morgan fingerprint density at radius 2 is 2.06 bits per heavy atom. The van der Waals surface area contributed by atoms with E-state index in [1.54, 1.807) is 23.5 Å². The molecule has 0 aliphatic carbocycles. The molecule has 1 nitrogen and oxygen atoms in total. The van der Waals surface area contributed by atoms with E-state index in [-0.39, 0.29) is 6.04 Å². The van der Waals surface area contributed by atoms with Gasteiger partial charge < -0.3 is 5.73 Å². The van der Waals surface area contributed by atoms with Crippen molar-refractivity contribution in [1.82, 2.24) is 0 Å². The second-order valence-corrected chi connectivity index (χ2v) is 6.42. The molecule has 1 unspecified atom stereocenters. The highest BCUT2D eigenvalue weighted by atomic mass is 79.9. The van der Waals surface area contributed by atoms with Crippen molar-refractivity contribution in [2.75, 3.05) is 0 Å². The molecule has 1 aromatic heterocycles. The molecule has 2 rings (SSSR count). The largest absolute Gasteiger partial charge is 0.323 e. The predicted molar refractivity (Wildman–Crippen MR) is 79.1 cm³/mol. The topological polar surface area (TPSA) is 26.0 Å². The molecule has 0 radical (unpaired) electrons. The molecule has 0 saturated carbocycles. The van der Waals surface area contributed by atoms with Crippen molar-refractivity contribution in [3.05, 3.63) is 54.6 Å². The van der Waals surface area contributed by atoms with Crippen LogP contribution in [0.2, 0.25) is 10.0 Å². The number of rotatable bonds is 3. The van der Waals surface area contributed by atoms with Gasteiger partial charge in [0.05, 0.1) is 0 Å². The highest BCUT2D eigenvalue weighted by Gasteiger charge is 2.12. The summed E-state index contributed by atoms with van der Waals surface area (Å²) in [7, 11) is 0. The van der Waals surface area contributed by atoms with Crippen LogP contribution in [0.1, 0.15) is 16.5 Å². The van der Waals surface area contributed by atoms with Crippen molar-refractivity contribution < 1.29 is 0 Å². The maximum Gasteiger partial charge on any atom is 0.0439 e. The van der Waals surface area contributed by atoms with Crippen molar-refractivity contribution >= 4 is 50.5 Å². The molecule has 2 aromatic rings. The molecule has 90 valence electrons. The molecule has 0 spiro atoms. The molecule has 2 N–H and O–H groups in total. The lowest BCUT2D eigenvalue weighted by Crippen LogP contribution is -2.12. The van der Waals surface area contributed by atoms with Crippen LogP contribution in [-0.4, -0.2) is 0 Å². The fourth-order valence-electron chi connectivity index (χ4n) is 1.56. The van der Waals surface area contributed by atoms with E-state index >= 15 is 0 Å². The lowest BCUT2D eigenvalue weighted by molar-refractivity contribution is 0.736. The lowest BCUT2D eigenvalue weighted by Gasteiger charge is -2.11. The summed E-state index contributed by atoms with van der Waals surface area (Å²) in [6.07, 6.45) is 0.687. The Bertz CT molecular complexity index is 527. The summed E-state index contributed by atoms with van der Waals surface area (Å²) < 4.78 is 1.06. The van der Waals surface area contributed by atoms with E-state index in [0.29, 0.717) is 16.5 Å². The number of thiophene rings is 1. The molecule has 1 aromatic carbocycles. The molecule has 0 saturated heterocycles. The van der Waals surface area contributed by atoms with Gasteiger partial charge >= 0.3 is 0 Å². The van der Waals surface area contributed by atoms with Gasteiger partial charge in [-0.3, -0.25) is 0 Å². The Kier molecular flexibility index (Phi) is 4.50. The Hall–Kier alpha value is -0.0600. The zero-order chi connectivity index (χ0) is 12.4. The van der Waals surface area contributed by atoms with Crippen molar-refractivity contribution in [2.24, 2.45) is 5.73 Å². The Morgan fingerprint density at radius 1 is 1.29 bits per heavy atom. The van der Waals surface area contributed by atoms with Gasteiger partial charge in [-0.05, 0) is 52.2 Å². The molecule has 0 amide bonds. The van der Waals surface area contributed by atoms with E-state index in [1.165, 1.54) is 0 Å². The second kappa shape index (κ2) is 5.72. The summed E-state index contributed by atoms with van der Waals surface area (Å²) in [5, 5.41) is 3.42. The van der Waals surface area contributed by atoms with Gasteiger partial charge in [0.25, 0.3) is 0 Å². The first-order valence-electron chi connectivity index (χ1n) is 4.99. The maximum atomic E-state index is 6.15. The SMILES string of the molecule is NC(Cc1cc(Cl)ccc1Cl)c1cc(Br)cs1. The number of benzene rings is 1. The van der Waals surface area contributed by atoms with E-state index in [4.69, 9.17) is 28.9 Å². The average molecular weight is 351 g/mol. The van der Waals surface area contributed by atoms with Crippen LogP contribution in [0.5, 0.6) is 0 Å². The van der Waals surface area contributed by atoms with E-state index in [9.17, 15) is 0 Å². The van der Waals surface area contributed by atoms with Gasteiger partial charge in [-0.15, -0.1) is 11.3 Å². The fraction of sp³-hybridized carbons (Fsp3) is 0.167.